The molecule has 2 N–H and O–H groups in total. The Bertz CT molecular complexity index is 393. The van der Waals surface area contributed by atoms with Crippen LogP contribution in [0.1, 0.15) is 26.2 Å². The number of aliphatic hydroxyl groups is 1. The van der Waals surface area contributed by atoms with Crippen molar-refractivity contribution >= 4 is 16.0 Å². The first-order chi connectivity index (χ1) is 9.49. The number of rotatable bonds is 9. The van der Waals surface area contributed by atoms with Crippen LogP contribution in [0.5, 0.6) is 0 Å². The Balaban J connectivity index is 2.55. The van der Waals surface area contributed by atoms with Gasteiger partial charge < -0.3 is 15.2 Å². The van der Waals surface area contributed by atoms with E-state index in [1.807, 2.05) is 0 Å². The minimum atomic E-state index is -3.55. The number of hydrogen-bond acceptors (Lipinski definition) is 6. The topological polar surface area (TPSA) is 95.9 Å². The van der Waals surface area contributed by atoms with Gasteiger partial charge in [-0.15, -0.1) is 0 Å². The summed E-state index contributed by atoms with van der Waals surface area (Å²) in [6.07, 6.45) is 1.80. The summed E-state index contributed by atoms with van der Waals surface area (Å²) in [6.45, 7) is 2.97. The first kappa shape index (κ1) is 17.4. The molecule has 1 heterocycles. The molecule has 7 nitrogen and oxygen atoms in total. The molecule has 1 saturated heterocycles. The highest BCUT2D eigenvalue weighted by molar-refractivity contribution is 7.89. The fourth-order valence-corrected chi connectivity index (χ4v) is 3.64. The summed E-state index contributed by atoms with van der Waals surface area (Å²) in [7, 11) is -3.55. The average molecular weight is 308 g/mol. The van der Waals surface area contributed by atoms with E-state index in [4.69, 9.17) is 9.84 Å². The highest BCUT2D eigenvalue weighted by Gasteiger charge is 2.27. The lowest BCUT2D eigenvalue weighted by molar-refractivity contribution is -0.142. The van der Waals surface area contributed by atoms with Crippen molar-refractivity contribution in [2.24, 2.45) is 0 Å². The summed E-state index contributed by atoms with van der Waals surface area (Å²) in [5, 5.41) is 12.2. The number of nitrogens with zero attached hydrogens (tertiary/aromatic N) is 1. The van der Waals surface area contributed by atoms with Crippen LogP contribution in [-0.4, -0.2) is 68.4 Å². The molecule has 1 atom stereocenters. The Hall–Kier alpha value is -0.700. The van der Waals surface area contributed by atoms with Crippen molar-refractivity contribution in [1.29, 1.82) is 0 Å². The second-order valence-electron chi connectivity index (χ2n) is 4.75. The van der Waals surface area contributed by atoms with Crippen molar-refractivity contribution in [1.82, 2.24) is 9.62 Å². The Morgan fingerprint density at radius 2 is 2.25 bits per heavy atom. The maximum atomic E-state index is 12.2. The van der Waals surface area contributed by atoms with E-state index in [0.717, 1.165) is 19.4 Å². The molecule has 0 aliphatic carbocycles. The van der Waals surface area contributed by atoms with Crippen LogP contribution in [0.4, 0.5) is 0 Å². The molecule has 20 heavy (non-hydrogen) atoms. The summed E-state index contributed by atoms with van der Waals surface area (Å²) in [5.41, 5.74) is 0. The molecule has 0 aromatic heterocycles. The number of carbonyl (C=O) groups is 1. The van der Waals surface area contributed by atoms with E-state index in [1.165, 1.54) is 4.31 Å². The number of sulfonamides is 1. The van der Waals surface area contributed by atoms with E-state index in [-0.39, 0.29) is 38.0 Å². The van der Waals surface area contributed by atoms with Crippen molar-refractivity contribution in [2.75, 3.05) is 38.6 Å². The van der Waals surface area contributed by atoms with Gasteiger partial charge in [0.15, 0.2) is 0 Å². The van der Waals surface area contributed by atoms with Gasteiger partial charge >= 0.3 is 5.97 Å². The number of carbonyl (C=O) groups excluding carboxylic acids is 1. The molecule has 118 valence electrons. The van der Waals surface area contributed by atoms with Crippen LogP contribution < -0.4 is 5.32 Å². The van der Waals surface area contributed by atoms with Crippen molar-refractivity contribution in [3.8, 4) is 0 Å². The largest absolute Gasteiger partial charge is 0.466 e. The van der Waals surface area contributed by atoms with Gasteiger partial charge in [0.2, 0.25) is 10.0 Å². The number of hydrogen-bond donors (Lipinski definition) is 2. The fraction of sp³-hybridized carbons (Fsp3) is 0.917. The quantitative estimate of drug-likeness (QED) is 0.548. The number of ether oxygens (including phenoxy) is 1. The summed E-state index contributed by atoms with van der Waals surface area (Å²) < 4.78 is 30.4. The third kappa shape index (κ3) is 5.74. The maximum absolute atomic E-state index is 12.2. The molecule has 0 aromatic carbocycles. The molecule has 0 saturated carbocycles. The first-order valence-electron chi connectivity index (χ1n) is 6.97. The van der Waals surface area contributed by atoms with E-state index >= 15 is 0 Å². The molecule has 0 radical (unpaired) electrons. The first-order valence-corrected chi connectivity index (χ1v) is 8.58. The zero-order chi connectivity index (χ0) is 15.0. The minimum absolute atomic E-state index is 0.0589. The van der Waals surface area contributed by atoms with E-state index in [2.05, 4.69) is 5.32 Å². The fourth-order valence-electron chi connectivity index (χ4n) is 2.19. The van der Waals surface area contributed by atoms with Crippen LogP contribution in [0.25, 0.3) is 0 Å². The van der Waals surface area contributed by atoms with E-state index < -0.39 is 16.0 Å². The summed E-state index contributed by atoms with van der Waals surface area (Å²) in [4.78, 5) is 11.2. The summed E-state index contributed by atoms with van der Waals surface area (Å²) >= 11 is 0. The molecular weight excluding hydrogens is 284 g/mol. The predicted molar refractivity (Wildman–Crippen MR) is 74.7 cm³/mol. The molecule has 0 spiro atoms. The Labute approximate surface area is 120 Å². The van der Waals surface area contributed by atoms with Gasteiger partial charge in [-0.05, 0) is 26.3 Å². The SMILES string of the molecule is CCOC(=O)CCS(=O)(=O)N(CCO)CC1CCCN1. The lowest BCUT2D eigenvalue weighted by Crippen LogP contribution is -2.43. The van der Waals surface area contributed by atoms with Gasteiger partial charge in [-0.2, -0.15) is 4.31 Å². The third-order valence-corrected chi connectivity index (χ3v) is 5.04. The van der Waals surface area contributed by atoms with Crippen LogP contribution in [0.3, 0.4) is 0 Å². The molecule has 1 aliphatic heterocycles. The lowest BCUT2D eigenvalue weighted by Gasteiger charge is -2.24. The summed E-state index contributed by atoms with van der Waals surface area (Å²) in [5.74, 6) is -0.794. The summed E-state index contributed by atoms with van der Waals surface area (Å²) in [6, 6.07) is 0.124. The van der Waals surface area contributed by atoms with Crippen LogP contribution >= 0.6 is 0 Å². The van der Waals surface area contributed by atoms with Gasteiger partial charge in [-0.1, -0.05) is 0 Å². The van der Waals surface area contributed by atoms with Crippen LogP contribution in [-0.2, 0) is 19.6 Å². The number of esters is 1. The zero-order valence-corrected chi connectivity index (χ0v) is 12.7. The lowest BCUT2D eigenvalue weighted by atomic mass is 10.2. The second kappa shape index (κ2) is 8.56. The minimum Gasteiger partial charge on any atom is -0.466 e. The van der Waals surface area contributed by atoms with Gasteiger partial charge in [0.1, 0.15) is 0 Å². The second-order valence-corrected chi connectivity index (χ2v) is 6.83. The van der Waals surface area contributed by atoms with Crippen LogP contribution in [0.15, 0.2) is 0 Å². The molecule has 0 bridgehead atoms. The Kier molecular flexibility index (Phi) is 7.42. The normalized spacial score (nSPS) is 19.4. The highest BCUT2D eigenvalue weighted by Crippen LogP contribution is 2.11. The van der Waals surface area contributed by atoms with Gasteiger partial charge in [-0.25, -0.2) is 8.42 Å². The van der Waals surface area contributed by atoms with Gasteiger partial charge in [0.25, 0.3) is 0 Å². The predicted octanol–water partition coefficient (Wildman–Crippen LogP) is -0.684. The number of nitrogens with one attached hydrogen (secondary N) is 1. The van der Waals surface area contributed by atoms with Crippen LogP contribution in [0, 0.1) is 0 Å². The number of aliphatic hydroxyl groups excluding tert-OH is 1. The van der Waals surface area contributed by atoms with Gasteiger partial charge in [0.05, 0.1) is 25.4 Å². The van der Waals surface area contributed by atoms with E-state index in [1.54, 1.807) is 6.92 Å². The van der Waals surface area contributed by atoms with Gasteiger partial charge in [-0.3, -0.25) is 4.79 Å². The third-order valence-electron chi connectivity index (χ3n) is 3.20. The molecule has 0 amide bonds. The molecule has 1 unspecified atom stereocenters. The van der Waals surface area contributed by atoms with Crippen molar-refractivity contribution in [3.05, 3.63) is 0 Å². The van der Waals surface area contributed by atoms with Crippen LogP contribution in [0.2, 0.25) is 0 Å². The molecule has 1 aliphatic rings. The van der Waals surface area contributed by atoms with Gasteiger partial charge in [0, 0.05) is 19.1 Å². The highest BCUT2D eigenvalue weighted by atomic mass is 32.2. The smallest absolute Gasteiger partial charge is 0.306 e. The Morgan fingerprint density at radius 3 is 2.80 bits per heavy atom. The Morgan fingerprint density at radius 1 is 1.50 bits per heavy atom. The standard InChI is InChI=1S/C12H24N2O5S/c1-2-19-12(16)5-9-20(17,18)14(7-8-15)10-11-4-3-6-13-11/h11,13,15H,2-10H2,1H3. The monoisotopic (exact) mass is 308 g/mol. The van der Waals surface area contributed by atoms with Crippen molar-refractivity contribution < 1.29 is 23.1 Å². The van der Waals surface area contributed by atoms with Crippen molar-refractivity contribution in [3.63, 3.8) is 0 Å². The molecular formula is C12H24N2O5S. The van der Waals surface area contributed by atoms with E-state index in [0.29, 0.717) is 6.54 Å². The molecule has 1 rings (SSSR count). The van der Waals surface area contributed by atoms with Crippen molar-refractivity contribution in [2.45, 2.75) is 32.2 Å². The maximum Gasteiger partial charge on any atom is 0.306 e. The molecule has 1 fully saturated rings. The average Bonchev–Trinajstić information content (AvgIpc) is 2.89. The zero-order valence-electron chi connectivity index (χ0n) is 11.9. The molecule has 8 heteroatoms. The van der Waals surface area contributed by atoms with E-state index in [9.17, 15) is 13.2 Å². The molecule has 0 aromatic rings.